The van der Waals surface area contributed by atoms with E-state index in [1.54, 1.807) is 13.0 Å². The second-order valence-electron chi connectivity index (χ2n) is 8.22. The maximum atomic E-state index is 12.5. The molecule has 160 valence electrons. The fourth-order valence-corrected chi connectivity index (χ4v) is 4.29. The van der Waals surface area contributed by atoms with Crippen molar-refractivity contribution in [3.05, 3.63) is 33.4 Å². The number of nitrogens with zero attached hydrogens (tertiary/aromatic N) is 3. The van der Waals surface area contributed by atoms with Crippen LogP contribution in [0.25, 0.3) is 5.95 Å². The summed E-state index contributed by atoms with van der Waals surface area (Å²) in [4.78, 5) is 44.7. The number of anilines is 1. The predicted octanol–water partition coefficient (Wildman–Crippen LogP) is 1.92. The molecular weight excluding hydrogens is 384 g/mol. The average molecular weight is 412 g/mol. The first-order valence-electron chi connectivity index (χ1n) is 10.8. The first-order valence-corrected chi connectivity index (χ1v) is 10.8. The van der Waals surface area contributed by atoms with Gasteiger partial charge in [-0.15, -0.1) is 0 Å². The van der Waals surface area contributed by atoms with Gasteiger partial charge in [-0.05, 0) is 45.4 Å². The van der Waals surface area contributed by atoms with E-state index in [9.17, 15) is 14.4 Å². The number of H-pyrrole nitrogens is 1. The van der Waals surface area contributed by atoms with Crippen molar-refractivity contribution in [1.82, 2.24) is 25.1 Å². The van der Waals surface area contributed by atoms with Crippen molar-refractivity contribution in [1.29, 1.82) is 0 Å². The summed E-state index contributed by atoms with van der Waals surface area (Å²) in [5.74, 6) is -0.861. The van der Waals surface area contributed by atoms with Gasteiger partial charge in [-0.3, -0.25) is 19.4 Å². The Kier molecular flexibility index (Phi) is 5.96. The number of amides is 2. The normalized spacial score (nSPS) is 17.1. The molecule has 4 rings (SSSR count). The van der Waals surface area contributed by atoms with Crippen molar-refractivity contribution >= 4 is 17.6 Å². The highest BCUT2D eigenvalue weighted by Crippen LogP contribution is 2.20. The zero-order valence-corrected chi connectivity index (χ0v) is 17.3. The molecule has 0 spiro atoms. The summed E-state index contributed by atoms with van der Waals surface area (Å²) in [5.41, 5.74) is 1.96. The number of aromatic nitrogens is 4. The minimum absolute atomic E-state index is 0.0380. The number of hydrogen-bond acceptors (Lipinski definition) is 5. The highest BCUT2D eigenvalue weighted by molar-refractivity contribution is 6.39. The molecule has 2 amide bonds. The third-order valence-corrected chi connectivity index (χ3v) is 5.85. The summed E-state index contributed by atoms with van der Waals surface area (Å²) >= 11 is 0. The summed E-state index contributed by atoms with van der Waals surface area (Å²) in [6.07, 6.45) is 9.71. The Morgan fingerprint density at radius 2 is 1.80 bits per heavy atom. The number of fused-ring (bicyclic) bond motifs is 1. The van der Waals surface area contributed by atoms with E-state index in [4.69, 9.17) is 0 Å². The topological polar surface area (TPSA) is 122 Å². The van der Waals surface area contributed by atoms with Crippen molar-refractivity contribution < 1.29 is 9.59 Å². The molecule has 30 heavy (non-hydrogen) atoms. The number of aryl methyl sites for hydroxylation is 2. The number of carbonyl (C=O) groups is 2. The van der Waals surface area contributed by atoms with Gasteiger partial charge in [-0.1, -0.05) is 25.7 Å². The number of hydrogen-bond donors (Lipinski definition) is 3. The van der Waals surface area contributed by atoms with Crippen LogP contribution in [0.15, 0.2) is 10.9 Å². The van der Waals surface area contributed by atoms with E-state index in [1.165, 1.54) is 17.5 Å². The highest BCUT2D eigenvalue weighted by atomic mass is 16.2. The smallest absolute Gasteiger partial charge is 0.314 e. The van der Waals surface area contributed by atoms with Crippen LogP contribution >= 0.6 is 0 Å². The van der Waals surface area contributed by atoms with E-state index in [2.05, 4.69) is 25.7 Å². The van der Waals surface area contributed by atoms with Crippen molar-refractivity contribution in [2.45, 2.75) is 77.2 Å². The van der Waals surface area contributed by atoms with E-state index in [1.807, 2.05) is 0 Å². The van der Waals surface area contributed by atoms with Gasteiger partial charge in [0.1, 0.15) is 5.82 Å². The van der Waals surface area contributed by atoms with Gasteiger partial charge in [-0.2, -0.15) is 9.78 Å². The zero-order valence-electron chi connectivity index (χ0n) is 17.3. The molecule has 1 fully saturated rings. The first kappa shape index (κ1) is 20.3. The largest absolute Gasteiger partial charge is 0.345 e. The SMILES string of the molecule is Cc1cc(NC(=O)C(=O)NC2CCCCCC2)n(-c2nc3c(c(=O)[nH]2)CCCC3)n1. The minimum atomic E-state index is -0.749. The number of carbonyl (C=O) groups excluding carboxylic acids is 2. The highest BCUT2D eigenvalue weighted by Gasteiger charge is 2.23. The maximum Gasteiger partial charge on any atom is 0.314 e. The Hall–Kier alpha value is -2.97. The van der Waals surface area contributed by atoms with Crippen LogP contribution in [-0.4, -0.2) is 37.6 Å². The fraction of sp³-hybridized carbons (Fsp3) is 0.571. The lowest BCUT2D eigenvalue weighted by Gasteiger charge is -2.16. The second kappa shape index (κ2) is 8.81. The Bertz CT molecular complexity index is 1000. The van der Waals surface area contributed by atoms with E-state index >= 15 is 0 Å². The lowest BCUT2D eigenvalue weighted by molar-refractivity contribution is -0.136. The van der Waals surface area contributed by atoms with Crippen LogP contribution in [-0.2, 0) is 22.4 Å². The van der Waals surface area contributed by atoms with Crippen molar-refractivity contribution in [3.8, 4) is 5.95 Å². The van der Waals surface area contributed by atoms with Crippen LogP contribution in [0.1, 0.15) is 68.3 Å². The molecule has 3 N–H and O–H groups in total. The summed E-state index contributed by atoms with van der Waals surface area (Å²) in [6.45, 7) is 1.77. The van der Waals surface area contributed by atoms with Gasteiger partial charge in [0.25, 0.3) is 5.56 Å². The molecule has 2 aliphatic rings. The third kappa shape index (κ3) is 4.44. The van der Waals surface area contributed by atoms with Gasteiger partial charge in [0.15, 0.2) is 0 Å². The molecule has 2 aromatic heterocycles. The fourth-order valence-electron chi connectivity index (χ4n) is 4.29. The Balaban J connectivity index is 1.52. The molecule has 0 unspecified atom stereocenters. The Labute approximate surface area is 174 Å². The van der Waals surface area contributed by atoms with Crippen LogP contribution in [0.3, 0.4) is 0 Å². The molecule has 1 saturated carbocycles. The van der Waals surface area contributed by atoms with Gasteiger partial charge in [0.05, 0.1) is 11.4 Å². The van der Waals surface area contributed by atoms with Crippen LogP contribution < -0.4 is 16.2 Å². The van der Waals surface area contributed by atoms with Gasteiger partial charge in [0, 0.05) is 17.7 Å². The molecule has 0 saturated heterocycles. The van der Waals surface area contributed by atoms with E-state index < -0.39 is 11.8 Å². The van der Waals surface area contributed by atoms with Gasteiger partial charge < -0.3 is 10.6 Å². The first-order chi connectivity index (χ1) is 14.5. The summed E-state index contributed by atoms with van der Waals surface area (Å²) in [5, 5.41) is 9.81. The quantitative estimate of drug-likeness (QED) is 0.525. The monoisotopic (exact) mass is 412 g/mol. The standard InChI is InChI=1S/C21H28N6O3/c1-13-12-17(24-20(30)19(29)22-14-8-4-2-3-5-9-14)27(26-13)21-23-16-11-7-6-10-15(16)18(28)25-21/h12,14H,2-11H2,1H3,(H,22,29)(H,24,30)(H,23,25,28). The second-order valence-corrected chi connectivity index (χ2v) is 8.22. The molecule has 0 aliphatic heterocycles. The maximum absolute atomic E-state index is 12.5. The minimum Gasteiger partial charge on any atom is -0.345 e. The zero-order chi connectivity index (χ0) is 21.1. The molecule has 0 aromatic carbocycles. The Morgan fingerprint density at radius 1 is 1.07 bits per heavy atom. The van der Waals surface area contributed by atoms with Crippen molar-refractivity contribution in [2.75, 3.05) is 5.32 Å². The lowest BCUT2D eigenvalue weighted by atomic mass is 9.97. The average Bonchev–Trinajstić information content (AvgIpc) is 2.92. The van der Waals surface area contributed by atoms with Gasteiger partial charge >= 0.3 is 11.8 Å². The molecular formula is C21H28N6O3. The van der Waals surface area contributed by atoms with Crippen LogP contribution in [0, 0.1) is 6.92 Å². The van der Waals surface area contributed by atoms with E-state index in [0.717, 1.165) is 62.6 Å². The molecule has 0 radical (unpaired) electrons. The van der Waals surface area contributed by atoms with Crippen LogP contribution in [0.4, 0.5) is 5.82 Å². The van der Waals surface area contributed by atoms with Crippen molar-refractivity contribution in [3.63, 3.8) is 0 Å². The van der Waals surface area contributed by atoms with Crippen LogP contribution in [0.2, 0.25) is 0 Å². The number of nitrogens with one attached hydrogen (secondary N) is 3. The van der Waals surface area contributed by atoms with E-state index in [0.29, 0.717) is 11.5 Å². The molecule has 0 bridgehead atoms. The lowest BCUT2D eigenvalue weighted by Crippen LogP contribution is -2.41. The number of rotatable bonds is 3. The molecule has 9 heteroatoms. The van der Waals surface area contributed by atoms with Crippen LogP contribution in [0.5, 0.6) is 0 Å². The van der Waals surface area contributed by atoms with Gasteiger partial charge in [-0.25, -0.2) is 4.98 Å². The van der Waals surface area contributed by atoms with Gasteiger partial charge in [0.2, 0.25) is 5.95 Å². The molecule has 2 aliphatic carbocycles. The Morgan fingerprint density at radius 3 is 2.57 bits per heavy atom. The van der Waals surface area contributed by atoms with Crippen molar-refractivity contribution in [2.24, 2.45) is 0 Å². The predicted molar refractivity (Wildman–Crippen MR) is 112 cm³/mol. The number of aromatic amines is 1. The molecule has 9 nitrogen and oxygen atoms in total. The third-order valence-electron chi connectivity index (χ3n) is 5.85. The summed E-state index contributed by atoms with van der Waals surface area (Å²) < 4.78 is 1.38. The summed E-state index contributed by atoms with van der Waals surface area (Å²) in [6, 6.07) is 1.69. The molecule has 2 heterocycles. The molecule has 2 aromatic rings. The molecule has 0 atom stereocenters. The van der Waals surface area contributed by atoms with E-state index in [-0.39, 0.29) is 17.5 Å². The summed E-state index contributed by atoms with van der Waals surface area (Å²) in [7, 11) is 0.